The molecule has 0 fully saturated rings. The van der Waals surface area contributed by atoms with Crippen LogP contribution in [0.25, 0.3) is 33.1 Å². The molecule has 0 aliphatic carbocycles. The van der Waals surface area contributed by atoms with Crippen LogP contribution in [0.2, 0.25) is 0 Å². The number of carbonyl (C=O) groups excluding carboxylic acids is 1. The van der Waals surface area contributed by atoms with Gasteiger partial charge in [-0.05, 0) is 55.3 Å². The van der Waals surface area contributed by atoms with Gasteiger partial charge >= 0.3 is 5.63 Å². The quantitative estimate of drug-likeness (QED) is 0.262. The topological polar surface area (TPSA) is 60.4 Å². The van der Waals surface area contributed by atoms with Crippen LogP contribution in [0.4, 0.5) is 4.39 Å². The molecule has 0 unspecified atom stereocenters. The molecule has 0 aliphatic rings. The molecule has 0 aliphatic heterocycles. The monoisotopic (exact) mass is 412 g/mol. The predicted octanol–water partition coefficient (Wildman–Crippen LogP) is 6.19. The van der Waals surface area contributed by atoms with Gasteiger partial charge in [-0.2, -0.15) is 0 Å². The molecule has 0 saturated heterocycles. The first-order valence-corrected chi connectivity index (χ1v) is 9.79. The molecule has 3 aromatic carbocycles. The van der Waals surface area contributed by atoms with Gasteiger partial charge in [0, 0.05) is 22.6 Å². The SMILES string of the molecule is Cc1cccc(C(=O)c2oc3ccc4c(C)cc(=O)oc4c3c2-c2ccc(F)cc2)c1. The first-order chi connectivity index (χ1) is 14.9. The van der Waals surface area contributed by atoms with Crippen LogP contribution >= 0.6 is 0 Å². The number of carbonyl (C=O) groups is 1. The van der Waals surface area contributed by atoms with Crippen molar-refractivity contribution in [3.05, 3.63) is 105 Å². The lowest BCUT2D eigenvalue weighted by molar-refractivity contribution is 0.101. The molecule has 4 nitrogen and oxygen atoms in total. The normalized spacial score (nSPS) is 11.3. The van der Waals surface area contributed by atoms with Gasteiger partial charge < -0.3 is 8.83 Å². The Labute approximate surface area is 176 Å². The number of aryl methyl sites for hydroxylation is 2. The molecule has 31 heavy (non-hydrogen) atoms. The molecule has 5 aromatic rings. The minimum atomic E-state index is -0.490. The maximum atomic E-state index is 13.6. The summed E-state index contributed by atoms with van der Waals surface area (Å²) in [5, 5.41) is 1.26. The number of hydrogen-bond acceptors (Lipinski definition) is 4. The zero-order chi connectivity index (χ0) is 21.7. The number of furan rings is 1. The van der Waals surface area contributed by atoms with Crippen LogP contribution in [0.1, 0.15) is 27.2 Å². The molecular formula is C26H17FO4. The Bertz CT molecular complexity index is 1540. The van der Waals surface area contributed by atoms with Crippen LogP contribution in [-0.2, 0) is 0 Å². The van der Waals surface area contributed by atoms with Crippen LogP contribution in [0.5, 0.6) is 0 Å². The first-order valence-electron chi connectivity index (χ1n) is 9.79. The van der Waals surface area contributed by atoms with Crippen molar-refractivity contribution in [2.75, 3.05) is 0 Å². The first kappa shape index (κ1) is 19.0. The lowest BCUT2D eigenvalue weighted by Gasteiger charge is -2.06. The second-order valence-corrected chi connectivity index (χ2v) is 7.58. The molecule has 2 heterocycles. The van der Waals surface area contributed by atoms with Crippen molar-refractivity contribution in [1.82, 2.24) is 0 Å². The maximum Gasteiger partial charge on any atom is 0.336 e. The molecule has 0 atom stereocenters. The molecule has 0 saturated carbocycles. The van der Waals surface area contributed by atoms with Crippen molar-refractivity contribution >= 4 is 27.7 Å². The highest BCUT2D eigenvalue weighted by atomic mass is 19.1. The number of ketones is 1. The van der Waals surface area contributed by atoms with E-state index in [9.17, 15) is 14.0 Å². The Morgan fingerprint density at radius 2 is 1.68 bits per heavy atom. The van der Waals surface area contributed by atoms with Crippen LogP contribution in [-0.4, -0.2) is 5.78 Å². The minimum Gasteiger partial charge on any atom is -0.452 e. The Kier molecular flexibility index (Phi) is 4.33. The fraction of sp³-hybridized carbons (Fsp3) is 0.0769. The highest BCUT2D eigenvalue weighted by molar-refractivity contribution is 6.20. The van der Waals surface area contributed by atoms with Gasteiger partial charge in [-0.1, -0.05) is 35.9 Å². The summed E-state index contributed by atoms with van der Waals surface area (Å²) in [7, 11) is 0. The van der Waals surface area contributed by atoms with Crippen LogP contribution < -0.4 is 5.63 Å². The van der Waals surface area contributed by atoms with Gasteiger partial charge in [0.2, 0.25) is 5.78 Å². The van der Waals surface area contributed by atoms with Crippen LogP contribution in [0.3, 0.4) is 0 Å². The van der Waals surface area contributed by atoms with Gasteiger partial charge in [-0.15, -0.1) is 0 Å². The summed E-state index contributed by atoms with van der Waals surface area (Å²) in [4.78, 5) is 25.6. The van der Waals surface area contributed by atoms with E-state index in [4.69, 9.17) is 8.83 Å². The van der Waals surface area contributed by atoms with E-state index in [0.717, 1.165) is 16.5 Å². The van der Waals surface area contributed by atoms with E-state index in [2.05, 4.69) is 0 Å². The third kappa shape index (κ3) is 3.15. The summed E-state index contributed by atoms with van der Waals surface area (Å²) in [6.07, 6.45) is 0. The number of hydrogen-bond donors (Lipinski definition) is 0. The summed E-state index contributed by atoms with van der Waals surface area (Å²) in [6, 6.07) is 18.0. The molecule has 152 valence electrons. The zero-order valence-corrected chi connectivity index (χ0v) is 16.9. The van der Waals surface area contributed by atoms with Gasteiger partial charge in [0.1, 0.15) is 17.0 Å². The zero-order valence-electron chi connectivity index (χ0n) is 16.9. The van der Waals surface area contributed by atoms with E-state index >= 15 is 0 Å². The van der Waals surface area contributed by atoms with E-state index in [1.807, 2.05) is 19.9 Å². The van der Waals surface area contributed by atoms with Gasteiger partial charge in [-0.3, -0.25) is 4.79 Å². The van der Waals surface area contributed by atoms with Gasteiger partial charge in [0.05, 0.1) is 5.39 Å². The predicted molar refractivity (Wildman–Crippen MR) is 117 cm³/mol. The second kappa shape index (κ2) is 7.06. The summed E-state index contributed by atoms with van der Waals surface area (Å²) in [6.45, 7) is 3.72. The smallest absolute Gasteiger partial charge is 0.336 e. The highest BCUT2D eigenvalue weighted by Crippen LogP contribution is 2.40. The Morgan fingerprint density at radius 1 is 0.903 bits per heavy atom. The number of halogens is 1. The fourth-order valence-electron chi connectivity index (χ4n) is 3.93. The van der Waals surface area contributed by atoms with Crippen molar-refractivity contribution in [2.45, 2.75) is 13.8 Å². The van der Waals surface area contributed by atoms with Crippen molar-refractivity contribution in [3.63, 3.8) is 0 Å². The Balaban J connectivity index is 1.90. The third-order valence-electron chi connectivity index (χ3n) is 5.39. The van der Waals surface area contributed by atoms with E-state index in [1.54, 1.807) is 42.5 Å². The highest BCUT2D eigenvalue weighted by Gasteiger charge is 2.26. The third-order valence-corrected chi connectivity index (χ3v) is 5.39. The Morgan fingerprint density at radius 3 is 2.42 bits per heavy atom. The summed E-state index contributed by atoms with van der Waals surface area (Å²) >= 11 is 0. The molecule has 5 heteroatoms. The minimum absolute atomic E-state index is 0.115. The molecule has 0 spiro atoms. The van der Waals surface area contributed by atoms with Gasteiger partial charge in [0.25, 0.3) is 0 Å². The summed E-state index contributed by atoms with van der Waals surface area (Å²) in [5.74, 6) is -0.582. The number of rotatable bonds is 3. The molecule has 0 radical (unpaired) electrons. The van der Waals surface area contributed by atoms with Crippen molar-refractivity contribution < 1.29 is 18.0 Å². The van der Waals surface area contributed by atoms with Gasteiger partial charge in [-0.25, -0.2) is 9.18 Å². The lowest BCUT2D eigenvalue weighted by atomic mass is 9.96. The number of fused-ring (bicyclic) bond motifs is 3. The van der Waals surface area contributed by atoms with Crippen LogP contribution in [0.15, 0.2) is 80.4 Å². The summed E-state index contributed by atoms with van der Waals surface area (Å²) in [5.41, 5.74) is 3.50. The van der Waals surface area contributed by atoms with Crippen molar-refractivity contribution in [2.24, 2.45) is 0 Å². The molecule has 0 bridgehead atoms. The number of benzene rings is 3. The largest absolute Gasteiger partial charge is 0.452 e. The van der Waals surface area contributed by atoms with Crippen LogP contribution in [0, 0.1) is 19.7 Å². The molecule has 0 N–H and O–H groups in total. The fourth-order valence-corrected chi connectivity index (χ4v) is 3.93. The second-order valence-electron chi connectivity index (χ2n) is 7.58. The van der Waals surface area contributed by atoms with E-state index in [0.29, 0.717) is 33.2 Å². The molecule has 5 rings (SSSR count). The maximum absolute atomic E-state index is 13.6. The van der Waals surface area contributed by atoms with Crippen molar-refractivity contribution in [3.8, 4) is 11.1 Å². The standard InChI is InChI=1S/C26H17FO4/c1-14-4-3-5-17(12-14)24(29)26-22(16-6-8-18(27)9-7-16)23-20(30-26)11-10-19-15(2)13-21(28)31-25(19)23/h3-13H,1-2H3. The van der Waals surface area contributed by atoms with E-state index in [-0.39, 0.29) is 11.5 Å². The van der Waals surface area contributed by atoms with E-state index in [1.165, 1.54) is 18.2 Å². The summed E-state index contributed by atoms with van der Waals surface area (Å²) < 4.78 is 25.2. The van der Waals surface area contributed by atoms with Crippen molar-refractivity contribution in [1.29, 1.82) is 0 Å². The van der Waals surface area contributed by atoms with Gasteiger partial charge in [0.15, 0.2) is 5.76 Å². The van der Waals surface area contributed by atoms with E-state index < -0.39 is 11.4 Å². The average Bonchev–Trinajstić information content (AvgIpc) is 3.14. The lowest BCUT2D eigenvalue weighted by Crippen LogP contribution is -2.02. The molecule has 2 aromatic heterocycles. The Hall–Kier alpha value is -3.99. The molecule has 0 amide bonds. The molecular weight excluding hydrogens is 395 g/mol. The average molecular weight is 412 g/mol.